The lowest BCUT2D eigenvalue weighted by Gasteiger charge is -2.59. The van der Waals surface area contributed by atoms with Gasteiger partial charge in [0.2, 0.25) is 0 Å². The first-order chi connectivity index (χ1) is 12.5. The predicted octanol–water partition coefficient (Wildman–Crippen LogP) is 2.70. The molecule has 2 aliphatic carbocycles. The van der Waals surface area contributed by atoms with Crippen molar-refractivity contribution in [2.45, 2.75) is 65.2 Å². The molecule has 0 bridgehead atoms. The van der Waals surface area contributed by atoms with Gasteiger partial charge in [0.05, 0.1) is 22.7 Å². The van der Waals surface area contributed by atoms with Crippen LogP contribution in [0.5, 0.6) is 0 Å². The van der Waals surface area contributed by atoms with E-state index in [1.165, 1.54) is 13.8 Å². The molecule has 2 rings (SSSR count). The van der Waals surface area contributed by atoms with Gasteiger partial charge >= 0.3 is 23.9 Å². The molecule has 152 valence electrons. The van der Waals surface area contributed by atoms with Crippen LogP contribution >= 0.6 is 0 Å². The number of hydrogen-bond donors (Lipinski definition) is 4. The van der Waals surface area contributed by atoms with E-state index in [1.54, 1.807) is 0 Å². The average molecular weight is 384 g/mol. The smallest absolute Gasteiger partial charge is 0.311 e. The van der Waals surface area contributed by atoms with Crippen LogP contribution in [0.3, 0.4) is 0 Å². The fourth-order valence-corrected chi connectivity index (χ4v) is 5.96. The lowest BCUT2D eigenvalue weighted by atomic mass is 9.41. The Labute approximate surface area is 157 Å². The van der Waals surface area contributed by atoms with Crippen molar-refractivity contribution in [1.29, 1.82) is 0 Å². The number of hydrogen-bond acceptors (Lipinski definition) is 4. The van der Waals surface area contributed by atoms with Crippen molar-refractivity contribution in [2.75, 3.05) is 0 Å². The van der Waals surface area contributed by atoms with Gasteiger partial charge < -0.3 is 20.4 Å². The monoisotopic (exact) mass is 384 g/mol. The predicted molar refractivity (Wildman–Crippen MR) is 93.1 cm³/mol. The molecule has 2 fully saturated rings. The second kappa shape index (κ2) is 7.13. The average Bonchev–Trinajstić information content (AvgIpc) is 2.60. The van der Waals surface area contributed by atoms with Crippen LogP contribution in [0.4, 0.5) is 0 Å². The van der Waals surface area contributed by atoms with Crippen molar-refractivity contribution >= 4 is 23.9 Å². The molecule has 0 radical (unpaired) electrons. The largest absolute Gasteiger partial charge is 0.481 e. The zero-order valence-electron chi connectivity index (χ0n) is 15.7. The second-order valence-corrected chi connectivity index (χ2v) is 8.45. The van der Waals surface area contributed by atoms with Gasteiger partial charge in [-0.05, 0) is 31.1 Å². The first kappa shape index (κ1) is 21.2. The quantitative estimate of drug-likeness (QED) is 0.546. The van der Waals surface area contributed by atoms with Crippen LogP contribution in [-0.4, -0.2) is 44.3 Å². The molecule has 0 aromatic carbocycles. The first-order valence-corrected chi connectivity index (χ1v) is 9.39. The van der Waals surface area contributed by atoms with E-state index in [4.69, 9.17) is 0 Å². The number of carbonyl (C=O) groups is 4. The highest BCUT2D eigenvalue weighted by atomic mass is 16.4. The van der Waals surface area contributed by atoms with Gasteiger partial charge in [-0.3, -0.25) is 19.2 Å². The maximum atomic E-state index is 12.5. The minimum Gasteiger partial charge on any atom is -0.481 e. The van der Waals surface area contributed by atoms with Crippen LogP contribution in [-0.2, 0) is 19.2 Å². The summed E-state index contributed by atoms with van der Waals surface area (Å²) in [7, 11) is 0. The third-order valence-electron chi connectivity index (χ3n) is 7.41. The van der Waals surface area contributed by atoms with Gasteiger partial charge in [0.1, 0.15) is 0 Å². The van der Waals surface area contributed by atoms with Crippen molar-refractivity contribution in [3.05, 3.63) is 0 Å². The summed E-state index contributed by atoms with van der Waals surface area (Å²) in [6, 6.07) is 0. The molecular weight excluding hydrogens is 356 g/mol. The molecule has 0 heterocycles. The third-order valence-corrected chi connectivity index (χ3v) is 7.41. The van der Waals surface area contributed by atoms with E-state index >= 15 is 0 Å². The Hall–Kier alpha value is -2.12. The van der Waals surface area contributed by atoms with E-state index in [0.29, 0.717) is 25.7 Å². The Kier molecular flexibility index (Phi) is 5.59. The van der Waals surface area contributed by atoms with Crippen LogP contribution in [0.2, 0.25) is 0 Å². The SMILES string of the molecule is CC(C)(C1(C(=O)O)CCCCC1C(=O)O)C1(C(=O)O)CCCCC1C(=O)O. The summed E-state index contributed by atoms with van der Waals surface area (Å²) in [6.45, 7) is 2.91. The van der Waals surface area contributed by atoms with Gasteiger partial charge in [-0.25, -0.2) is 0 Å². The maximum Gasteiger partial charge on any atom is 0.311 e. The van der Waals surface area contributed by atoms with Crippen molar-refractivity contribution in [2.24, 2.45) is 28.1 Å². The summed E-state index contributed by atoms with van der Waals surface area (Å²) in [4.78, 5) is 49.0. The Morgan fingerprint density at radius 2 is 1.04 bits per heavy atom. The van der Waals surface area contributed by atoms with Gasteiger partial charge in [-0.15, -0.1) is 0 Å². The van der Waals surface area contributed by atoms with Crippen LogP contribution in [0.15, 0.2) is 0 Å². The van der Waals surface area contributed by atoms with Gasteiger partial charge in [0.25, 0.3) is 0 Å². The summed E-state index contributed by atoms with van der Waals surface area (Å²) in [5.74, 6) is -7.76. The summed E-state index contributed by atoms with van der Waals surface area (Å²) in [5.41, 5.74) is -5.27. The van der Waals surface area contributed by atoms with Crippen LogP contribution in [0.1, 0.15) is 65.2 Å². The number of aliphatic carboxylic acids is 4. The standard InChI is InChI=1S/C19H28O8/c1-17(2,18(15(24)25)9-5-3-7-11(18)13(20)21)19(16(26)27)10-6-4-8-12(19)14(22)23/h11-12H,3-10H2,1-2H3,(H,20,21)(H,22,23)(H,24,25)(H,26,27). The number of carboxylic acid groups (broad SMARTS) is 4. The van der Waals surface area contributed by atoms with Crippen LogP contribution in [0.25, 0.3) is 0 Å². The molecule has 0 saturated heterocycles. The highest BCUT2D eigenvalue weighted by Crippen LogP contribution is 2.65. The zero-order valence-corrected chi connectivity index (χ0v) is 15.7. The molecule has 2 aliphatic rings. The topological polar surface area (TPSA) is 149 Å². The van der Waals surface area contributed by atoms with E-state index in [2.05, 4.69) is 0 Å². The highest BCUT2D eigenvalue weighted by molar-refractivity contribution is 5.89. The van der Waals surface area contributed by atoms with Crippen LogP contribution in [0, 0.1) is 28.1 Å². The Morgan fingerprint density at radius 1 is 0.704 bits per heavy atom. The minimum absolute atomic E-state index is 0.0215. The van der Waals surface area contributed by atoms with E-state index in [0.717, 1.165) is 0 Å². The van der Waals surface area contributed by atoms with Gasteiger partial charge in [0.15, 0.2) is 0 Å². The molecule has 0 spiro atoms. The molecule has 4 atom stereocenters. The van der Waals surface area contributed by atoms with E-state index < -0.39 is 52.0 Å². The zero-order chi connectivity index (χ0) is 20.6. The minimum atomic E-state index is -1.85. The molecule has 4 unspecified atom stereocenters. The van der Waals surface area contributed by atoms with Gasteiger partial charge in [-0.1, -0.05) is 39.5 Å². The van der Waals surface area contributed by atoms with Crippen molar-refractivity contribution in [3.63, 3.8) is 0 Å². The van der Waals surface area contributed by atoms with Gasteiger partial charge in [0, 0.05) is 0 Å². The Morgan fingerprint density at radius 3 is 1.30 bits per heavy atom. The summed E-state index contributed by atoms with van der Waals surface area (Å²) in [5, 5.41) is 39.9. The van der Waals surface area contributed by atoms with E-state index in [9.17, 15) is 39.6 Å². The highest BCUT2D eigenvalue weighted by Gasteiger charge is 2.71. The molecule has 0 amide bonds. The molecule has 0 aromatic heterocycles. The van der Waals surface area contributed by atoms with Gasteiger partial charge in [-0.2, -0.15) is 0 Å². The number of rotatable bonds is 6. The Bertz CT molecular complexity index is 600. The molecule has 8 heteroatoms. The third kappa shape index (κ3) is 2.80. The maximum absolute atomic E-state index is 12.5. The molecule has 2 saturated carbocycles. The lowest BCUT2D eigenvalue weighted by molar-refractivity contribution is -0.212. The molecule has 8 nitrogen and oxygen atoms in total. The molecule has 4 N–H and O–H groups in total. The normalized spacial score (nSPS) is 34.6. The van der Waals surface area contributed by atoms with E-state index in [-0.39, 0.29) is 25.7 Å². The summed E-state index contributed by atoms with van der Waals surface area (Å²) < 4.78 is 0. The molecular formula is C19H28O8. The van der Waals surface area contributed by atoms with E-state index in [1.807, 2.05) is 0 Å². The fourth-order valence-electron chi connectivity index (χ4n) is 5.96. The Balaban J connectivity index is 2.78. The lowest BCUT2D eigenvalue weighted by Crippen LogP contribution is -2.65. The number of carboxylic acids is 4. The van der Waals surface area contributed by atoms with Crippen molar-refractivity contribution < 1.29 is 39.6 Å². The fraction of sp³-hybridized carbons (Fsp3) is 0.789. The molecule has 0 aliphatic heterocycles. The van der Waals surface area contributed by atoms with Crippen molar-refractivity contribution in [3.8, 4) is 0 Å². The molecule has 0 aromatic rings. The van der Waals surface area contributed by atoms with Crippen molar-refractivity contribution in [1.82, 2.24) is 0 Å². The van der Waals surface area contributed by atoms with Crippen LogP contribution < -0.4 is 0 Å². The second-order valence-electron chi connectivity index (χ2n) is 8.45. The summed E-state index contributed by atoms with van der Waals surface area (Å²) >= 11 is 0. The summed E-state index contributed by atoms with van der Waals surface area (Å²) in [6.07, 6.45) is 2.34. The molecule has 27 heavy (non-hydrogen) atoms. The first-order valence-electron chi connectivity index (χ1n) is 9.39.